The van der Waals surface area contributed by atoms with Crippen LogP contribution in [0.2, 0.25) is 5.02 Å². The number of carbonyl (C=O) groups excluding carboxylic acids is 1. The summed E-state index contributed by atoms with van der Waals surface area (Å²) >= 11 is 5.97. The van der Waals surface area contributed by atoms with E-state index in [9.17, 15) is 14.7 Å². The Morgan fingerprint density at radius 2 is 2.33 bits per heavy atom. The van der Waals surface area contributed by atoms with E-state index < -0.39 is 6.10 Å². The highest BCUT2D eigenvalue weighted by Crippen LogP contribution is 2.28. The summed E-state index contributed by atoms with van der Waals surface area (Å²) in [5.74, 6) is -0.166. The number of fused-ring (bicyclic) bond motifs is 1. The summed E-state index contributed by atoms with van der Waals surface area (Å²) in [5.41, 5.74) is 0.213. The van der Waals surface area contributed by atoms with Gasteiger partial charge in [0.25, 0.3) is 5.56 Å². The van der Waals surface area contributed by atoms with Crippen LogP contribution in [-0.4, -0.2) is 39.1 Å². The number of aliphatic hydroxyl groups is 1. The third kappa shape index (κ3) is 3.17. The van der Waals surface area contributed by atoms with Gasteiger partial charge < -0.3 is 10.4 Å². The molecule has 1 saturated heterocycles. The lowest BCUT2D eigenvalue weighted by Crippen LogP contribution is -2.34. The molecule has 1 aromatic heterocycles. The summed E-state index contributed by atoms with van der Waals surface area (Å²) in [6, 6.07) is 2.59. The van der Waals surface area contributed by atoms with Crippen LogP contribution in [0.4, 0.5) is 5.69 Å². The fourth-order valence-corrected chi connectivity index (χ4v) is 3.03. The highest BCUT2D eigenvalue weighted by Gasteiger charge is 2.26. The number of hydrogen-bond acceptors (Lipinski definition) is 5. The quantitative estimate of drug-likeness (QED) is 0.814. The second kappa shape index (κ2) is 6.69. The van der Waals surface area contributed by atoms with E-state index in [4.69, 9.17) is 18.2 Å². The summed E-state index contributed by atoms with van der Waals surface area (Å²) in [6.45, 7) is 7.59. The molecular formula is C16H15ClN4O3. The molecule has 1 aliphatic heterocycles. The van der Waals surface area contributed by atoms with E-state index in [0.29, 0.717) is 18.5 Å². The highest BCUT2D eigenvalue weighted by molar-refractivity contribution is 6.34. The van der Waals surface area contributed by atoms with Gasteiger partial charge in [-0.05, 0) is 25.1 Å². The number of carbonyl (C=O) groups is 1. The molecule has 0 amide bonds. The van der Waals surface area contributed by atoms with E-state index >= 15 is 0 Å². The fourth-order valence-electron chi connectivity index (χ4n) is 2.83. The lowest BCUT2D eigenvalue weighted by Gasteiger charge is -2.14. The molecule has 24 heavy (non-hydrogen) atoms. The van der Waals surface area contributed by atoms with Gasteiger partial charge >= 0.3 is 0 Å². The molecule has 2 heterocycles. The number of aliphatic hydroxyl groups excluding tert-OH is 1. The summed E-state index contributed by atoms with van der Waals surface area (Å²) < 4.78 is 1.22. The van der Waals surface area contributed by atoms with E-state index in [1.165, 1.54) is 23.0 Å². The van der Waals surface area contributed by atoms with Gasteiger partial charge in [0, 0.05) is 17.5 Å². The van der Waals surface area contributed by atoms with Gasteiger partial charge in [0.2, 0.25) is 5.69 Å². The molecule has 3 rings (SSSR count). The van der Waals surface area contributed by atoms with E-state index in [2.05, 4.69) is 15.1 Å². The van der Waals surface area contributed by atoms with Crippen molar-refractivity contribution in [3.8, 4) is 0 Å². The monoisotopic (exact) mass is 346 g/mol. The number of hydrogen-bond donors (Lipinski definition) is 2. The van der Waals surface area contributed by atoms with Gasteiger partial charge in [0.15, 0.2) is 5.78 Å². The maximum Gasteiger partial charge on any atom is 0.261 e. The number of Topliss-reactive ketones (excluding diaryl/α,β-unsaturated/α-hetero) is 1. The predicted molar refractivity (Wildman–Crippen MR) is 89.3 cm³/mol. The first-order valence-electron chi connectivity index (χ1n) is 7.49. The minimum Gasteiger partial charge on any atom is -0.391 e. The zero-order chi connectivity index (χ0) is 17.3. The van der Waals surface area contributed by atoms with E-state index in [-0.39, 0.29) is 46.4 Å². The second-order valence-corrected chi connectivity index (χ2v) is 6.18. The number of nitrogens with one attached hydrogen (secondary N) is 1. The van der Waals surface area contributed by atoms with Gasteiger partial charge in [-0.1, -0.05) is 11.6 Å². The van der Waals surface area contributed by atoms with Gasteiger partial charge in [0.1, 0.15) is 0 Å². The van der Waals surface area contributed by atoms with Gasteiger partial charge in [-0.3, -0.25) is 14.2 Å². The second-order valence-electron chi connectivity index (χ2n) is 5.77. The van der Waals surface area contributed by atoms with Gasteiger partial charge in [-0.25, -0.2) is 9.83 Å². The van der Waals surface area contributed by atoms with Crippen molar-refractivity contribution in [2.75, 3.05) is 6.54 Å². The normalized spacial score (nSPS) is 20.2. The third-order valence-electron chi connectivity index (χ3n) is 4.12. The predicted octanol–water partition coefficient (Wildman–Crippen LogP) is 1.28. The van der Waals surface area contributed by atoms with Crippen molar-refractivity contribution in [2.24, 2.45) is 0 Å². The average molecular weight is 347 g/mol. The van der Waals surface area contributed by atoms with Crippen LogP contribution in [0.5, 0.6) is 0 Å². The summed E-state index contributed by atoms with van der Waals surface area (Å²) in [4.78, 5) is 32.1. The Labute approximate surface area is 142 Å². The van der Waals surface area contributed by atoms with Crippen LogP contribution >= 0.6 is 11.6 Å². The van der Waals surface area contributed by atoms with Gasteiger partial charge in [-0.2, -0.15) is 0 Å². The Kier molecular flexibility index (Phi) is 4.62. The number of rotatable bonds is 4. The van der Waals surface area contributed by atoms with Crippen LogP contribution in [-0.2, 0) is 11.3 Å². The lowest BCUT2D eigenvalue weighted by molar-refractivity contribution is -0.120. The first-order valence-corrected chi connectivity index (χ1v) is 7.86. The van der Waals surface area contributed by atoms with Crippen LogP contribution in [0.25, 0.3) is 15.7 Å². The van der Waals surface area contributed by atoms with Crippen LogP contribution in [0.3, 0.4) is 0 Å². The molecule has 1 aliphatic rings. The van der Waals surface area contributed by atoms with Crippen molar-refractivity contribution >= 4 is 34.0 Å². The maximum absolute atomic E-state index is 12.5. The molecule has 0 saturated carbocycles. The number of aromatic nitrogens is 2. The molecule has 0 unspecified atom stereocenters. The van der Waals surface area contributed by atoms with Gasteiger partial charge in [0.05, 0.1) is 36.5 Å². The minimum atomic E-state index is -0.536. The molecule has 0 spiro atoms. The number of benzene rings is 1. The Morgan fingerprint density at radius 1 is 1.54 bits per heavy atom. The molecule has 7 nitrogen and oxygen atoms in total. The third-order valence-corrected chi connectivity index (χ3v) is 4.42. The summed E-state index contributed by atoms with van der Waals surface area (Å²) in [6.07, 6.45) is 1.54. The van der Waals surface area contributed by atoms with Gasteiger partial charge in [-0.15, -0.1) is 0 Å². The molecule has 8 heteroatoms. The summed E-state index contributed by atoms with van der Waals surface area (Å²) in [7, 11) is 0. The Bertz CT molecular complexity index is 903. The van der Waals surface area contributed by atoms with Crippen molar-refractivity contribution in [1.82, 2.24) is 14.9 Å². The van der Waals surface area contributed by atoms with Crippen LogP contribution < -0.4 is 10.9 Å². The van der Waals surface area contributed by atoms with E-state index in [1.54, 1.807) is 0 Å². The Hall–Kier alpha value is -2.27. The molecule has 124 valence electrons. The number of nitrogens with zero attached hydrogens (tertiary/aromatic N) is 3. The Balaban J connectivity index is 1.85. The first kappa shape index (κ1) is 16.6. The minimum absolute atomic E-state index is 0.116. The van der Waals surface area contributed by atoms with E-state index in [0.717, 1.165) is 0 Å². The molecule has 0 bridgehead atoms. The standard InChI is InChI=1S/C16H15ClN4O3/c1-18-13-6-12-10(5-11(13)17)16(24)21(8-20-12)7-9(22)4-14-15(23)2-3-19-14/h5-6,8,14-15,19,23H,2-4,7H2/t14-,15+/m1/s1. The largest absolute Gasteiger partial charge is 0.391 e. The van der Waals surface area contributed by atoms with Crippen LogP contribution in [0.15, 0.2) is 23.3 Å². The van der Waals surface area contributed by atoms with Crippen molar-refractivity contribution in [1.29, 1.82) is 0 Å². The number of ketones is 1. The van der Waals surface area contributed by atoms with Crippen LogP contribution in [0, 0.1) is 6.57 Å². The van der Waals surface area contributed by atoms with Crippen molar-refractivity contribution in [3.05, 3.63) is 45.3 Å². The topological polar surface area (TPSA) is 88.6 Å². The first-order chi connectivity index (χ1) is 11.5. The number of halogens is 1. The van der Waals surface area contributed by atoms with Crippen molar-refractivity contribution < 1.29 is 9.90 Å². The maximum atomic E-state index is 12.5. The summed E-state index contributed by atoms with van der Waals surface area (Å²) in [5, 5.41) is 13.3. The molecule has 2 aromatic rings. The molecule has 0 aliphatic carbocycles. The molecule has 2 N–H and O–H groups in total. The highest BCUT2D eigenvalue weighted by atomic mass is 35.5. The zero-order valence-corrected chi connectivity index (χ0v) is 13.5. The fraction of sp³-hybridized carbons (Fsp3) is 0.375. The molecule has 1 aromatic carbocycles. The lowest BCUT2D eigenvalue weighted by atomic mass is 10.1. The zero-order valence-electron chi connectivity index (χ0n) is 12.7. The van der Waals surface area contributed by atoms with Crippen molar-refractivity contribution in [3.63, 3.8) is 0 Å². The smallest absolute Gasteiger partial charge is 0.261 e. The average Bonchev–Trinajstić information content (AvgIpc) is 2.95. The van der Waals surface area contributed by atoms with Crippen LogP contribution in [0.1, 0.15) is 12.8 Å². The SMILES string of the molecule is [C-]#[N+]c1cc2ncn(CC(=O)C[C@H]3NCC[C@@H]3O)c(=O)c2cc1Cl. The van der Waals surface area contributed by atoms with E-state index in [1.807, 2.05) is 0 Å². The molecular weight excluding hydrogens is 332 g/mol. The molecule has 2 atom stereocenters. The van der Waals surface area contributed by atoms with Crippen molar-refractivity contribution in [2.45, 2.75) is 31.5 Å². The molecule has 0 radical (unpaired) electrons. The Morgan fingerprint density at radius 3 is 3.00 bits per heavy atom. The molecule has 1 fully saturated rings.